The van der Waals surface area contributed by atoms with Crippen LogP contribution < -0.4 is 26.4 Å². The van der Waals surface area contributed by atoms with Gasteiger partial charge in [0.1, 0.15) is 29.1 Å². The molecule has 214 valence electrons. The molecule has 0 spiro atoms. The van der Waals surface area contributed by atoms with Crippen LogP contribution in [-0.4, -0.2) is 84.0 Å². The van der Waals surface area contributed by atoms with E-state index < -0.39 is 18.4 Å². The van der Waals surface area contributed by atoms with Crippen LogP contribution in [-0.2, 0) is 4.74 Å². The summed E-state index contributed by atoms with van der Waals surface area (Å²) in [6, 6.07) is 2.90. The fraction of sp³-hybridized carbons (Fsp3) is 0.440. The first-order chi connectivity index (χ1) is 19.3. The molecular formula is C25H30F2N8O4S. The Hall–Kier alpha value is -3.98. The zero-order chi connectivity index (χ0) is 28.4. The summed E-state index contributed by atoms with van der Waals surface area (Å²) in [7, 11) is 1.34. The van der Waals surface area contributed by atoms with Crippen molar-refractivity contribution >= 4 is 45.9 Å². The van der Waals surface area contributed by atoms with E-state index in [2.05, 4.69) is 20.3 Å². The van der Waals surface area contributed by atoms with Crippen molar-refractivity contribution in [2.45, 2.75) is 25.3 Å². The third kappa shape index (κ3) is 5.38. The number of nitrogens with zero attached hydrogens (tertiary/aromatic N) is 5. The van der Waals surface area contributed by atoms with Crippen LogP contribution in [0.5, 0.6) is 5.75 Å². The van der Waals surface area contributed by atoms with Crippen molar-refractivity contribution in [2.75, 3.05) is 57.1 Å². The molecule has 0 aliphatic carbocycles. The lowest BCUT2D eigenvalue weighted by atomic mass is 10.0. The topological polar surface area (TPSA) is 153 Å². The summed E-state index contributed by atoms with van der Waals surface area (Å²) >= 11 is 0.716. The third-order valence-corrected chi connectivity index (χ3v) is 7.98. The molecule has 2 aliphatic rings. The van der Waals surface area contributed by atoms with E-state index in [1.54, 1.807) is 9.42 Å². The second kappa shape index (κ2) is 11.6. The van der Waals surface area contributed by atoms with Crippen LogP contribution in [0, 0.1) is 0 Å². The van der Waals surface area contributed by atoms with Gasteiger partial charge in [-0.05, 0) is 24.5 Å². The molecule has 15 heteroatoms. The van der Waals surface area contributed by atoms with Crippen LogP contribution in [0.25, 0.3) is 11.1 Å². The van der Waals surface area contributed by atoms with E-state index in [1.807, 2.05) is 12.1 Å². The van der Waals surface area contributed by atoms with Crippen LogP contribution in [0.1, 0.15) is 39.5 Å². The van der Waals surface area contributed by atoms with Gasteiger partial charge in [-0.15, -0.1) is 11.3 Å². The fourth-order valence-corrected chi connectivity index (χ4v) is 5.89. The maximum Gasteiger partial charge on any atom is 0.410 e. The molecule has 1 fully saturated rings. The smallest absolute Gasteiger partial charge is 0.410 e. The van der Waals surface area contributed by atoms with Gasteiger partial charge >= 0.3 is 6.09 Å². The predicted molar refractivity (Wildman–Crippen MR) is 146 cm³/mol. The van der Waals surface area contributed by atoms with Crippen LogP contribution >= 0.6 is 11.3 Å². The van der Waals surface area contributed by atoms with E-state index in [1.165, 1.54) is 19.5 Å². The Balaban J connectivity index is 1.37. The zero-order valence-corrected chi connectivity index (χ0v) is 22.6. The summed E-state index contributed by atoms with van der Waals surface area (Å²) in [4.78, 5) is 32.9. The van der Waals surface area contributed by atoms with Gasteiger partial charge in [0.05, 0.1) is 29.9 Å². The van der Waals surface area contributed by atoms with Gasteiger partial charge in [-0.3, -0.25) is 4.79 Å². The third-order valence-electron chi connectivity index (χ3n) is 6.85. The number of nitrogen functional groups attached to an aromatic ring is 1. The van der Waals surface area contributed by atoms with Crippen LogP contribution in [0.2, 0.25) is 0 Å². The van der Waals surface area contributed by atoms with Crippen LogP contribution in [0.15, 0.2) is 24.5 Å². The second-order valence-corrected chi connectivity index (χ2v) is 10.5. The van der Waals surface area contributed by atoms with Crippen molar-refractivity contribution < 1.29 is 27.8 Å². The van der Waals surface area contributed by atoms with E-state index >= 15 is 0 Å². The summed E-state index contributed by atoms with van der Waals surface area (Å²) < 4.78 is 38.7. The Kier molecular flexibility index (Phi) is 8.02. The Bertz CT molecular complexity index is 1440. The average Bonchev–Trinajstić information content (AvgIpc) is 3.69. The van der Waals surface area contributed by atoms with Crippen molar-refractivity contribution in [1.29, 1.82) is 0 Å². The van der Waals surface area contributed by atoms with E-state index in [0.29, 0.717) is 55.3 Å². The summed E-state index contributed by atoms with van der Waals surface area (Å²) in [5.74, 6) is -0.0690. The van der Waals surface area contributed by atoms with Crippen LogP contribution in [0.3, 0.4) is 0 Å². The minimum absolute atomic E-state index is 0.0958. The molecule has 0 aromatic carbocycles. The molecule has 3 aromatic rings. The highest BCUT2D eigenvalue weighted by molar-refractivity contribution is 7.14. The van der Waals surface area contributed by atoms with E-state index in [0.717, 1.165) is 23.4 Å². The summed E-state index contributed by atoms with van der Waals surface area (Å²) in [5.41, 5.74) is 14.9. The van der Waals surface area contributed by atoms with E-state index in [4.69, 9.17) is 20.9 Å². The second-order valence-electron chi connectivity index (χ2n) is 9.44. The van der Waals surface area contributed by atoms with Crippen LogP contribution in [0.4, 0.5) is 25.1 Å². The molecule has 0 bridgehead atoms. The van der Waals surface area contributed by atoms with Gasteiger partial charge in [-0.1, -0.05) is 6.08 Å². The molecule has 2 aliphatic heterocycles. The van der Waals surface area contributed by atoms with Crippen molar-refractivity contribution in [3.8, 4) is 5.75 Å². The quantitative estimate of drug-likeness (QED) is 0.367. The van der Waals surface area contributed by atoms with Crippen molar-refractivity contribution in [3.63, 3.8) is 0 Å². The number of carbonyl (C=O) groups excluding carboxylic acids is 2. The average molecular weight is 577 g/mol. The number of rotatable bonds is 8. The molecule has 0 radical (unpaired) electrons. The lowest BCUT2D eigenvalue weighted by Crippen LogP contribution is -2.47. The Labute approximate surface area is 232 Å². The molecular weight excluding hydrogens is 546 g/mol. The number of nitrogens with one attached hydrogen (secondary N) is 1. The lowest BCUT2D eigenvalue weighted by Gasteiger charge is -2.34. The molecule has 12 nitrogen and oxygen atoms in total. The molecule has 5 heterocycles. The first-order valence-corrected chi connectivity index (χ1v) is 13.6. The number of hydrogen-bond donors (Lipinski definition) is 3. The monoisotopic (exact) mass is 576 g/mol. The summed E-state index contributed by atoms with van der Waals surface area (Å²) in [6.45, 7) is 2.23. The molecule has 0 unspecified atom stereocenters. The molecule has 0 saturated carbocycles. The fourth-order valence-electron chi connectivity index (χ4n) is 5.03. The molecule has 1 saturated heterocycles. The number of thiophene rings is 1. The molecule has 5 N–H and O–H groups in total. The maximum atomic E-state index is 13.3. The predicted octanol–water partition coefficient (Wildman–Crippen LogP) is 2.51. The minimum atomic E-state index is -2.71. The van der Waals surface area contributed by atoms with Gasteiger partial charge in [0.2, 0.25) is 0 Å². The molecule has 2 amide bonds. The largest absolute Gasteiger partial charge is 0.491 e. The molecule has 3 aromatic heterocycles. The number of halogens is 2. The number of fused-ring (bicyclic) bond motifs is 1. The van der Waals surface area contributed by atoms with Gasteiger partial charge in [-0.2, -0.15) is 5.10 Å². The standard InChI is InChI=1S/C25H30F2N8O4S/c1-38-25(37)34-7-4-14(11-34)16-9-17(20-23(29)30-13-31-35(16)20)33-6-2-3-15(12-33)32-24(36)21-18(39-8-5-28)10-19(40-21)22(26)27/h4,9-10,13,15,22H,2-3,5-8,11-12,28H2,1H3,(H,32,36)(H2,29,30,31)/t15-/m1/s1. The number of amides is 2. The Morgan fingerprint density at radius 1 is 1.32 bits per heavy atom. The highest BCUT2D eigenvalue weighted by Gasteiger charge is 2.30. The number of ether oxygens (including phenoxy) is 2. The number of piperidine rings is 1. The number of methoxy groups -OCH3 is 1. The van der Waals surface area contributed by atoms with Gasteiger partial charge in [0.15, 0.2) is 5.82 Å². The lowest BCUT2D eigenvalue weighted by molar-refractivity contribution is 0.0933. The number of aromatic nitrogens is 3. The Morgan fingerprint density at radius 2 is 2.15 bits per heavy atom. The summed E-state index contributed by atoms with van der Waals surface area (Å²) in [5, 5.41) is 7.41. The van der Waals surface area contributed by atoms with Gasteiger partial charge in [0, 0.05) is 38.3 Å². The van der Waals surface area contributed by atoms with E-state index in [9.17, 15) is 18.4 Å². The maximum absolute atomic E-state index is 13.3. The van der Waals surface area contributed by atoms with Crippen molar-refractivity contribution in [2.24, 2.45) is 5.73 Å². The number of carbonyl (C=O) groups is 2. The zero-order valence-electron chi connectivity index (χ0n) is 21.8. The number of nitrogens with two attached hydrogens (primary N) is 2. The highest BCUT2D eigenvalue weighted by Crippen LogP contribution is 2.37. The number of alkyl halides is 2. The summed E-state index contributed by atoms with van der Waals surface area (Å²) in [6.07, 6.45) is 1.67. The van der Waals surface area contributed by atoms with Gasteiger partial charge < -0.3 is 36.1 Å². The van der Waals surface area contributed by atoms with Crippen molar-refractivity contribution in [3.05, 3.63) is 40.0 Å². The molecule has 40 heavy (non-hydrogen) atoms. The first kappa shape index (κ1) is 27.6. The first-order valence-electron chi connectivity index (χ1n) is 12.8. The van der Waals surface area contributed by atoms with E-state index in [-0.39, 0.29) is 34.7 Å². The number of hydrogen-bond acceptors (Lipinski definition) is 10. The highest BCUT2D eigenvalue weighted by atomic mass is 32.1. The normalized spacial score (nSPS) is 17.4. The Morgan fingerprint density at radius 3 is 2.90 bits per heavy atom. The SMILES string of the molecule is COC(=O)N1CC=C(c2cc(N3CCC[C@@H](NC(=O)c4sc(C(F)F)cc4OCCN)C3)c3c(N)ncnn23)C1. The number of anilines is 2. The van der Waals surface area contributed by atoms with Gasteiger partial charge in [0.25, 0.3) is 12.3 Å². The minimum Gasteiger partial charge on any atom is -0.491 e. The molecule has 1 atom stereocenters. The van der Waals surface area contributed by atoms with Gasteiger partial charge in [-0.25, -0.2) is 23.1 Å². The van der Waals surface area contributed by atoms with Crippen molar-refractivity contribution in [1.82, 2.24) is 24.8 Å². The molecule has 5 rings (SSSR count).